The van der Waals surface area contributed by atoms with Crippen molar-refractivity contribution in [2.75, 3.05) is 5.32 Å². The van der Waals surface area contributed by atoms with E-state index in [0.29, 0.717) is 11.3 Å². The normalized spacial score (nSPS) is 13.2. The number of ketones is 2. The summed E-state index contributed by atoms with van der Waals surface area (Å²) in [5.74, 6) is -1.99. The molecule has 3 aromatic carbocycles. The third-order valence-electron chi connectivity index (χ3n) is 5.88. The second kappa shape index (κ2) is 9.38. The molecule has 0 bridgehead atoms. The van der Waals surface area contributed by atoms with Crippen molar-refractivity contribution in [2.24, 2.45) is 0 Å². The minimum Gasteiger partial charge on any atom is -0.449 e. The summed E-state index contributed by atoms with van der Waals surface area (Å²) in [6.45, 7) is 1.42. The Bertz CT molecular complexity index is 1590. The number of benzene rings is 3. The third-order valence-corrected chi connectivity index (χ3v) is 5.88. The number of pyridine rings is 1. The van der Waals surface area contributed by atoms with E-state index in [1.54, 1.807) is 42.5 Å². The van der Waals surface area contributed by atoms with E-state index in [4.69, 9.17) is 4.74 Å². The van der Waals surface area contributed by atoms with E-state index in [1.165, 1.54) is 25.1 Å². The zero-order valence-corrected chi connectivity index (χ0v) is 19.2. The van der Waals surface area contributed by atoms with Gasteiger partial charge in [-0.25, -0.2) is 9.78 Å². The molecule has 1 heterocycles. The topological polar surface area (TPSA) is 102 Å². The van der Waals surface area contributed by atoms with E-state index in [2.05, 4.69) is 10.3 Å². The van der Waals surface area contributed by atoms with Crippen LogP contribution in [-0.4, -0.2) is 34.5 Å². The Morgan fingerprint density at radius 2 is 1.53 bits per heavy atom. The molecule has 176 valence electrons. The van der Waals surface area contributed by atoms with Gasteiger partial charge in [-0.05, 0) is 31.2 Å². The molecule has 0 radical (unpaired) electrons. The van der Waals surface area contributed by atoms with Gasteiger partial charge in [0.15, 0.2) is 17.7 Å². The van der Waals surface area contributed by atoms with Crippen LogP contribution in [0.15, 0.2) is 84.9 Å². The molecule has 4 aromatic rings. The maximum atomic E-state index is 13.1. The van der Waals surface area contributed by atoms with Crippen molar-refractivity contribution in [3.63, 3.8) is 0 Å². The molecular formula is C29H20N2O5. The van der Waals surface area contributed by atoms with Gasteiger partial charge in [-0.1, -0.05) is 60.7 Å². The van der Waals surface area contributed by atoms with Gasteiger partial charge >= 0.3 is 5.97 Å². The zero-order valence-electron chi connectivity index (χ0n) is 19.2. The highest BCUT2D eigenvalue weighted by Crippen LogP contribution is 2.32. The smallest absolute Gasteiger partial charge is 0.331 e. The summed E-state index contributed by atoms with van der Waals surface area (Å²) in [7, 11) is 0. The number of nitrogens with zero attached hydrogens (tertiary/aromatic N) is 1. The Labute approximate surface area is 206 Å². The third kappa shape index (κ3) is 4.30. The number of carbonyl (C=O) groups is 4. The Kier molecular flexibility index (Phi) is 5.96. The fourth-order valence-corrected chi connectivity index (χ4v) is 4.08. The first-order valence-electron chi connectivity index (χ1n) is 11.3. The maximum absolute atomic E-state index is 13.1. The van der Waals surface area contributed by atoms with Crippen LogP contribution < -0.4 is 5.32 Å². The Hall–Kier alpha value is -4.91. The zero-order chi connectivity index (χ0) is 25.2. The summed E-state index contributed by atoms with van der Waals surface area (Å²) < 4.78 is 5.22. The van der Waals surface area contributed by atoms with E-state index in [0.717, 1.165) is 10.9 Å². The van der Waals surface area contributed by atoms with Crippen molar-refractivity contribution in [3.8, 4) is 0 Å². The number of esters is 1. The van der Waals surface area contributed by atoms with Gasteiger partial charge in [0.25, 0.3) is 5.91 Å². The van der Waals surface area contributed by atoms with Gasteiger partial charge in [-0.2, -0.15) is 0 Å². The standard InChI is InChI=1S/C29H20N2O5/c1-17(36-25(32)16-15-19-14-13-18-7-2-5-11-23(18)30-19)29(35)31-24-12-6-10-22-26(24)28(34)21-9-4-3-8-20(21)27(22)33/h2-17H,1H3,(H,31,35)/b16-15+. The second-order valence-corrected chi connectivity index (χ2v) is 8.26. The molecule has 0 aliphatic heterocycles. The molecule has 7 nitrogen and oxygen atoms in total. The minimum atomic E-state index is -1.15. The first kappa shape index (κ1) is 22.9. The number of nitrogens with one attached hydrogen (secondary N) is 1. The van der Waals surface area contributed by atoms with Crippen molar-refractivity contribution < 1.29 is 23.9 Å². The van der Waals surface area contributed by atoms with Gasteiger partial charge in [0, 0.05) is 28.2 Å². The van der Waals surface area contributed by atoms with Crippen molar-refractivity contribution in [2.45, 2.75) is 13.0 Å². The van der Waals surface area contributed by atoms with Crippen LogP contribution in [0.3, 0.4) is 0 Å². The first-order chi connectivity index (χ1) is 17.4. The average Bonchev–Trinajstić information content (AvgIpc) is 2.90. The molecule has 1 aliphatic carbocycles. The number of amides is 1. The van der Waals surface area contributed by atoms with Gasteiger partial charge in [0.1, 0.15) is 0 Å². The molecule has 1 N–H and O–H groups in total. The van der Waals surface area contributed by atoms with Crippen LogP contribution in [0.2, 0.25) is 0 Å². The van der Waals surface area contributed by atoms with E-state index in [9.17, 15) is 19.2 Å². The number of rotatable bonds is 5. The summed E-state index contributed by atoms with van der Waals surface area (Å²) in [6.07, 6.45) is 1.56. The molecule has 1 atom stereocenters. The number of hydrogen-bond donors (Lipinski definition) is 1. The van der Waals surface area contributed by atoms with Crippen LogP contribution in [0.25, 0.3) is 17.0 Å². The molecule has 0 fully saturated rings. The van der Waals surface area contributed by atoms with Gasteiger partial charge in [0.05, 0.1) is 22.5 Å². The number of hydrogen-bond acceptors (Lipinski definition) is 6. The molecule has 1 unspecified atom stereocenters. The van der Waals surface area contributed by atoms with E-state index in [-0.39, 0.29) is 33.9 Å². The number of aromatic nitrogens is 1. The molecular weight excluding hydrogens is 456 g/mol. The summed E-state index contributed by atoms with van der Waals surface area (Å²) in [6, 6.07) is 22.5. The SMILES string of the molecule is CC(OC(=O)/C=C/c1ccc2ccccc2n1)C(=O)Nc1cccc2c1C(=O)c1ccccc1C2=O. The number of para-hydroxylation sites is 1. The van der Waals surface area contributed by atoms with Gasteiger partial charge < -0.3 is 10.1 Å². The lowest BCUT2D eigenvalue weighted by molar-refractivity contribution is -0.148. The number of ether oxygens (including phenoxy) is 1. The highest BCUT2D eigenvalue weighted by molar-refractivity contribution is 6.30. The summed E-state index contributed by atoms with van der Waals surface area (Å²) in [5.41, 5.74) is 2.49. The molecule has 5 rings (SSSR count). The van der Waals surface area contributed by atoms with Crippen molar-refractivity contribution in [1.29, 1.82) is 0 Å². The Balaban J connectivity index is 1.28. The lowest BCUT2D eigenvalue weighted by atomic mass is 9.83. The van der Waals surface area contributed by atoms with E-state index >= 15 is 0 Å². The lowest BCUT2D eigenvalue weighted by Gasteiger charge is -2.21. The Morgan fingerprint density at radius 1 is 0.833 bits per heavy atom. The highest BCUT2D eigenvalue weighted by atomic mass is 16.5. The molecule has 1 amide bonds. The quantitative estimate of drug-likeness (QED) is 0.294. The number of carbonyl (C=O) groups excluding carboxylic acids is 4. The van der Waals surface area contributed by atoms with Crippen LogP contribution >= 0.6 is 0 Å². The van der Waals surface area contributed by atoms with E-state index < -0.39 is 18.0 Å². The lowest BCUT2D eigenvalue weighted by Crippen LogP contribution is -2.31. The maximum Gasteiger partial charge on any atom is 0.331 e. The monoisotopic (exact) mass is 476 g/mol. The predicted octanol–water partition coefficient (Wildman–Crippen LogP) is 4.59. The molecule has 36 heavy (non-hydrogen) atoms. The van der Waals surface area contributed by atoms with Crippen molar-refractivity contribution >= 4 is 46.1 Å². The van der Waals surface area contributed by atoms with Crippen LogP contribution in [0, 0.1) is 0 Å². The molecule has 0 saturated carbocycles. The molecule has 1 aromatic heterocycles. The predicted molar refractivity (Wildman–Crippen MR) is 135 cm³/mol. The Morgan fingerprint density at radius 3 is 2.33 bits per heavy atom. The summed E-state index contributed by atoms with van der Waals surface area (Å²) >= 11 is 0. The highest BCUT2D eigenvalue weighted by Gasteiger charge is 2.32. The fourth-order valence-electron chi connectivity index (χ4n) is 4.08. The van der Waals surface area contributed by atoms with Crippen LogP contribution in [0.1, 0.15) is 44.5 Å². The summed E-state index contributed by atoms with van der Waals surface area (Å²) in [4.78, 5) is 55.5. The number of anilines is 1. The average molecular weight is 476 g/mol. The molecule has 0 saturated heterocycles. The van der Waals surface area contributed by atoms with Crippen LogP contribution in [-0.2, 0) is 14.3 Å². The van der Waals surface area contributed by atoms with Crippen LogP contribution in [0.5, 0.6) is 0 Å². The van der Waals surface area contributed by atoms with Gasteiger partial charge in [-0.15, -0.1) is 0 Å². The molecule has 7 heteroatoms. The fraction of sp³-hybridized carbons (Fsp3) is 0.0690. The number of fused-ring (bicyclic) bond motifs is 3. The van der Waals surface area contributed by atoms with Gasteiger partial charge in [0.2, 0.25) is 0 Å². The van der Waals surface area contributed by atoms with E-state index in [1.807, 2.05) is 30.3 Å². The second-order valence-electron chi connectivity index (χ2n) is 8.26. The first-order valence-corrected chi connectivity index (χ1v) is 11.3. The molecule has 0 spiro atoms. The molecule has 1 aliphatic rings. The van der Waals surface area contributed by atoms with Crippen molar-refractivity contribution in [3.05, 3.63) is 113 Å². The van der Waals surface area contributed by atoms with Gasteiger partial charge in [-0.3, -0.25) is 14.4 Å². The largest absolute Gasteiger partial charge is 0.449 e. The summed E-state index contributed by atoms with van der Waals surface area (Å²) in [5, 5.41) is 3.61. The minimum absolute atomic E-state index is 0.121. The van der Waals surface area contributed by atoms with Crippen LogP contribution in [0.4, 0.5) is 5.69 Å². The van der Waals surface area contributed by atoms with Crippen molar-refractivity contribution in [1.82, 2.24) is 4.98 Å².